The van der Waals surface area contributed by atoms with E-state index >= 15 is 0 Å². The minimum Gasteiger partial charge on any atom is -0.462 e. The summed E-state index contributed by atoms with van der Waals surface area (Å²) in [6.45, 7) is 20.5. The Morgan fingerprint density at radius 1 is 0.897 bits per heavy atom. The van der Waals surface area contributed by atoms with Gasteiger partial charge in [-0.05, 0) is 102 Å². The zero-order valence-corrected chi connectivity index (χ0v) is 25.9. The maximum Gasteiger partial charge on any atom is 0.302 e. The summed E-state index contributed by atoms with van der Waals surface area (Å²) in [5.74, 6) is 6.32. The van der Waals surface area contributed by atoms with Crippen molar-refractivity contribution >= 4 is 17.7 Å². The first kappa shape index (κ1) is 28.8. The summed E-state index contributed by atoms with van der Waals surface area (Å²) >= 11 is 0. The number of nitrogens with one attached hydrogen (secondary N) is 1. The van der Waals surface area contributed by atoms with Gasteiger partial charge in [0.1, 0.15) is 6.10 Å². The largest absolute Gasteiger partial charge is 0.462 e. The van der Waals surface area contributed by atoms with E-state index in [0.717, 1.165) is 56.1 Å². The molecule has 0 aromatic heterocycles. The van der Waals surface area contributed by atoms with Crippen molar-refractivity contribution in [3.05, 3.63) is 11.1 Å². The van der Waals surface area contributed by atoms with Gasteiger partial charge in [-0.15, -0.1) is 0 Å². The van der Waals surface area contributed by atoms with Gasteiger partial charge in [0.2, 0.25) is 5.91 Å². The molecular formula is C33H52N2O4. The van der Waals surface area contributed by atoms with Gasteiger partial charge in [0, 0.05) is 18.8 Å². The van der Waals surface area contributed by atoms with Crippen LogP contribution in [0.2, 0.25) is 0 Å². The topological polar surface area (TPSA) is 98.5 Å². The number of nitrogens with two attached hydrogens (primary N) is 1. The summed E-state index contributed by atoms with van der Waals surface area (Å²) in [5.41, 5.74) is 3.85. The first-order valence-corrected chi connectivity index (χ1v) is 15.4. The number of hydrazine groups is 1. The second kappa shape index (κ2) is 8.66. The van der Waals surface area contributed by atoms with E-state index < -0.39 is 5.41 Å². The Morgan fingerprint density at radius 3 is 2.10 bits per heavy atom. The fourth-order valence-electron chi connectivity index (χ4n) is 11.8. The molecule has 6 heteroatoms. The van der Waals surface area contributed by atoms with Crippen molar-refractivity contribution in [2.24, 2.45) is 56.1 Å². The second-order valence-electron chi connectivity index (χ2n) is 15.8. The monoisotopic (exact) mass is 540 g/mol. The summed E-state index contributed by atoms with van der Waals surface area (Å²) in [6.07, 6.45) is 8.11. The molecule has 4 saturated carbocycles. The molecular weight excluding hydrogens is 488 g/mol. The van der Waals surface area contributed by atoms with Crippen molar-refractivity contribution < 1.29 is 19.1 Å². The summed E-state index contributed by atoms with van der Waals surface area (Å²) in [4.78, 5) is 38.9. The Morgan fingerprint density at radius 2 is 1.51 bits per heavy atom. The van der Waals surface area contributed by atoms with Gasteiger partial charge in [-0.25, -0.2) is 5.84 Å². The van der Waals surface area contributed by atoms with Crippen LogP contribution in [0.25, 0.3) is 0 Å². The van der Waals surface area contributed by atoms with E-state index in [0.29, 0.717) is 12.3 Å². The lowest BCUT2D eigenvalue weighted by Gasteiger charge is -2.76. The third-order valence-corrected chi connectivity index (χ3v) is 14.2. The average Bonchev–Trinajstić information content (AvgIpc) is 3.15. The Kier molecular flexibility index (Phi) is 6.40. The van der Waals surface area contributed by atoms with Crippen LogP contribution in [0.5, 0.6) is 0 Å². The zero-order valence-electron chi connectivity index (χ0n) is 25.9. The second-order valence-corrected chi connectivity index (χ2v) is 15.8. The molecule has 4 fully saturated rings. The minimum absolute atomic E-state index is 0.0245. The van der Waals surface area contributed by atoms with Crippen molar-refractivity contribution in [1.29, 1.82) is 0 Å². The van der Waals surface area contributed by atoms with Crippen molar-refractivity contribution in [3.8, 4) is 0 Å². The van der Waals surface area contributed by atoms with Gasteiger partial charge in [-0.1, -0.05) is 55.4 Å². The first-order valence-electron chi connectivity index (χ1n) is 15.4. The van der Waals surface area contributed by atoms with Crippen LogP contribution in [-0.4, -0.2) is 23.8 Å². The molecule has 0 radical (unpaired) electrons. The van der Waals surface area contributed by atoms with Crippen LogP contribution in [0, 0.1) is 50.2 Å². The molecule has 5 rings (SSSR count). The van der Waals surface area contributed by atoms with Gasteiger partial charge in [0.15, 0.2) is 5.78 Å². The van der Waals surface area contributed by atoms with E-state index in [-0.39, 0.29) is 69.1 Å². The molecule has 6 nitrogen and oxygen atoms in total. The molecule has 0 aromatic rings. The summed E-state index contributed by atoms with van der Waals surface area (Å²) in [6, 6.07) is 0. The third kappa shape index (κ3) is 3.33. The zero-order chi connectivity index (χ0) is 29.0. The number of Topliss-reactive ketones (excluding diaryl/α,β-unsaturated/α-hetero) is 1. The number of carbonyl (C=O) groups is 3. The smallest absolute Gasteiger partial charge is 0.302 e. The third-order valence-electron chi connectivity index (χ3n) is 14.2. The van der Waals surface area contributed by atoms with E-state index in [1.165, 1.54) is 6.92 Å². The lowest BCUT2D eigenvalue weighted by atomic mass is 9.28. The van der Waals surface area contributed by atoms with Gasteiger partial charge >= 0.3 is 5.97 Å². The van der Waals surface area contributed by atoms with Crippen LogP contribution < -0.4 is 11.3 Å². The molecule has 0 aromatic carbocycles. The number of allylic oxidation sites excluding steroid dienone is 1. The molecule has 39 heavy (non-hydrogen) atoms. The SMILES string of the molecule is CC(=O)O[C@H]1CC[C@@]2(C)[C@@H](CC[C@]3(C)[C@]2(C)CCC2C4=C(C(C)C)C(=O)C[C@]4(C(=O)NN)CC[C@]23C)C1(C)C. The highest BCUT2D eigenvalue weighted by atomic mass is 16.5. The number of rotatable bonds is 3. The number of amides is 1. The predicted molar refractivity (Wildman–Crippen MR) is 152 cm³/mol. The number of ether oxygens (including phenoxy) is 1. The Balaban J connectivity index is 1.62. The highest BCUT2D eigenvalue weighted by Gasteiger charge is 2.75. The number of esters is 1. The molecule has 5 aliphatic rings. The molecule has 1 amide bonds. The van der Waals surface area contributed by atoms with Crippen molar-refractivity contribution in [2.75, 3.05) is 0 Å². The predicted octanol–water partition coefficient (Wildman–Crippen LogP) is 6.28. The molecule has 0 saturated heterocycles. The van der Waals surface area contributed by atoms with Crippen molar-refractivity contribution in [3.63, 3.8) is 0 Å². The van der Waals surface area contributed by atoms with Gasteiger partial charge in [0.25, 0.3) is 0 Å². The normalized spacial score (nSPS) is 46.6. The number of hydrogen-bond acceptors (Lipinski definition) is 5. The lowest BCUT2D eigenvalue weighted by Crippen LogP contribution is -2.70. The van der Waals surface area contributed by atoms with Gasteiger partial charge in [-0.2, -0.15) is 0 Å². The molecule has 0 spiro atoms. The Labute approximate surface area is 235 Å². The fraction of sp³-hybridized carbons (Fsp3) is 0.848. The number of ketones is 1. The fourth-order valence-corrected chi connectivity index (χ4v) is 11.8. The molecule has 218 valence electrons. The number of hydrogen-bond donors (Lipinski definition) is 2. The van der Waals surface area contributed by atoms with Crippen LogP contribution in [-0.2, 0) is 19.1 Å². The van der Waals surface area contributed by atoms with Crippen LogP contribution in [0.1, 0.15) is 120 Å². The van der Waals surface area contributed by atoms with Crippen LogP contribution in [0.3, 0.4) is 0 Å². The molecule has 0 bridgehead atoms. The minimum atomic E-state index is -0.787. The first-order chi connectivity index (χ1) is 18.0. The van der Waals surface area contributed by atoms with E-state index in [4.69, 9.17) is 10.6 Å². The molecule has 1 unspecified atom stereocenters. The lowest BCUT2D eigenvalue weighted by molar-refractivity contribution is -0.277. The molecule has 3 N–H and O–H groups in total. The molecule has 5 aliphatic carbocycles. The van der Waals surface area contributed by atoms with Crippen molar-refractivity contribution in [1.82, 2.24) is 5.43 Å². The van der Waals surface area contributed by atoms with Crippen LogP contribution in [0.4, 0.5) is 0 Å². The van der Waals surface area contributed by atoms with Crippen LogP contribution >= 0.6 is 0 Å². The van der Waals surface area contributed by atoms with E-state index in [1.54, 1.807) is 0 Å². The van der Waals surface area contributed by atoms with E-state index in [1.807, 2.05) is 0 Å². The quantitative estimate of drug-likeness (QED) is 0.190. The maximum absolute atomic E-state index is 13.5. The summed E-state index contributed by atoms with van der Waals surface area (Å²) in [5, 5.41) is 0. The number of carbonyl (C=O) groups excluding carboxylic acids is 3. The van der Waals surface area contributed by atoms with Gasteiger partial charge < -0.3 is 4.74 Å². The van der Waals surface area contributed by atoms with E-state index in [9.17, 15) is 14.4 Å². The van der Waals surface area contributed by atoms with Gasteiger partial charge in [0.05, 0.1) is 5.41 Å². The standard InChI is InChI=1S/C33H52N2O4/c1-19(2)25-22(37)18-33(27(38)35-34)17-16-29(6)21(26(25)33)10-14-32(9)30(7)13-12-24(39-20(3)36)28(4,5)23(30)11-15-31(29,32)8/h19,21,23-24H,10-18,34H2,1-9H3,(H,35,38)/t21?,23-,24-,29+,30-,31-,32+,33+/m0/s1. The summed E-state index contributed by atoms with van der Waals surface area (Å²) in [7, 11) is 0. The number of fused-ring (bicyclic) bond motifs is 7. The van der Waals surface area contributed by atoms with Gasteiger partial charge in [-0.3, -0.25) is 19.8 Å². The highest BCUT2D eigenvalue weighted by Crippen LogP contribution is 2.81. The average molecular weight is 541 g/mol. The van der Waals surface area contributed by atoms with E-state index in [2.05, 4.69) is 60.8 Å². The maximum atomic E-state index is 13.5. The molecule has 0 heterocycles. The molecule has 0 aliphatic heterocycles. The Bertz CT molecular complexity index is 1140. The highest BCUT2D eigenvalue weighted by molar-refractivity contribution is 6.06. The van der Waals surface area contributed by atoms with Crippen LogP contribution in [0.15, 0.2) is 11.1 Å². The summed E-state index contributed by atoms with van der Waals surface area (Å²) < 4.78 is 5.91. The molecule has 8 atom stereocenters. The van der Waals surface area contributed by atoms with Crippen molar-refractivity contribution in [2.45, 2.75) is 126 Å². The Hall–Kier alpha value is -1.69.